The Morgan fingerprint density at radius 1 is 1.21 bits per heavy atom. The first kappa shape index (κ1) is 23.3. The molecule has 33 heavy (non-hydrogen) atoms. The highest BCUT2D eigenvalue weighted by Gasteiger charge is 2.73. The summed E-state index contributed by atoms with van der Waals surface area (Å²) in [6, 6.07) is 9.19. The first-order valence-electron chi connectivity index (χ1n) is 13.0. The molecule has 1 aromatic rings. The molecule has 1 aliphatic carbocycles. The number of rotatable bonds is 9. The van der Waals surface area contributed by atoms with E-state index < -0.39 is 12.2 Å². The highest BCUT2D eigenvalue weighted by atomic mass is 16.3. The first-order chi connectivity index (χ1) is 15.9. The SMILES string of the molecule is CC[C@H](C=O)[C@@H]1C[C@H]2[C@@H]3N(C)c4ccccc4[C@]34C[C@@H](C1[C@H]4O)N2CC(O)CN(CC)CC. The van der Waals surface area contributed by atoms with E-state index in [0.29, 0.717) is 13.1 Å². The normalized spacial score (nSPS) is 38.5. The number of anilines is 1. The minimum Gasteiger partial charge on any atom is -0.392 e. The van der Waals surface area contributed by atoms with Gasteiger partial charge in [-0.25, -0.2) is 0 Å². The van der Waals surface area contributed by atoms with Crippen LogP contribution in [0.1, 0.15) is 45.6 Å². The van der Waals surface area contributed by atoms with Gasteiger partial charge in [-0.15, -0.1) is 0 Å². The van der Waals surface area contributed by atoms with Crippen LogP contribution in [-0.4, -0.2) is 89.9 Å². The highest BCUT2D eigenvalue weighted by Crippen LogP contribution is 2.66. The van der Waals surface area contributed by atoms with Crippen molar-refractivity contribution in [3.05, 3.63) is 29.8 Å². The van der Waals surface area contributed by atoms with E-state index >= 15 is 0 Å². The van der Waals surface area contributed by atoms with Gasteiger partial charge >= 0.3 is 0 Å². The van der Waals surface area contributed by atoms with Gasteiger partial charge in [0.1, 0.15) is 6.29 Å². The summed E-state index contributed by atoms with van der Waals surface area (Å²) in [5.74, 6) is 0.271. The minimum absolute atomic E-state index is 0.00748. The van der Waals surface area contributed by atoms with Crippen molar-refractivity contribution in [1.29, 1.82) is 0 Å². The number of fused-ring (bicyclic) bond motifs is 3. The van der Waals surface area contributed by atoms with E-state index in [1.165, 1.54) is 11.3 Å². The zero-order chi connectivity index (χ0) is 23.5. The number of hydrogen-bond donors (Lipinski definition) is 2. The largest absolute Gasteiger partial charge is 0.392 e. The molecule has 182 valence electrons. The lowest BCUT2D eigenvalue weighted by molar-refractivity contribution is -0.117. The Morgan fingerprint density at radius 3 is 2.61 bits per heavy atom. The van der Waals surface area contributed by atoms with Gasteiger partial charge in [0.15, 0.2) is 0 Å². The van der Waals surface area contributed by atoms with Gasteiger partial charge in [-0.05, 0) is 49.9 Å². The molecule has 2 unspecified atom stereocenters. The molecule has 3 heterocycles. The number of benzene rings is 1. The number of aliphatic hydroxyl groups is 2. The van der Waals surface area contributed by atoms with E-state index in [-0.39, 0.29) is 41.3 Å². The Bertz CT molecular complexity index is 876. The molecule has 6 nitrogen and oxygen atoms in total. The monoisotopic (exact) mass is 455 g/mol. The smallest absolute Gasteiger partial charge is 0.123 e. The molecule has 0 aromatic heterocycles. The maximum Gasteiger partial charge on any atom is 0.123 e. The third-order valence-corrected chi connectivity index (χ3v) is 9.82. The lowest BCUT2D eigenvalue weighted by atomic mass is 9.67. The zero-order valence-electron chi connectivity index (χ0n) is 20.6. The van der Waals surface area contributed by atoms with Crippen molar-refractivity contribution in [3.8, 4) is 0 Å². The van der Waals surface area contributed by atoms with Crippen molar-refractivity contribution >= 4 is 12.0 Å². The maximum atomic E-state index is 12.1. The average molecular weight is 456 g/mol. The number of hydrogen-bond acceptors (Lipinski definition) is 6. The average Bonchev–Trinajstić information content (AvgIpc) is 3.20. The topological polar surface area (TPSA) is 67.2 Å². The second kappa shape index (κ2) is 8.63. The van der Waals surface area contributed by atoms with Gasteiger partial charge in [0.05, 0.1) is 18.2 Å². The second-order valence-corrected chi connectivity index (χ2v) is 10.9. The summed E-state index contributed by atoms with van der Waals surface area (Å²) in [5.41, 5.74) is 2.24. The molecule has 4 aliphatic rings. The predicted molar refractivity (Wildman–Crippen MR) is 130 cm³/mol. The standard InChI is InChI=1S/C27H41N3O3/c1-5-17(16-31)19-12-22-25-27(20-10-8-9-11-21(20)28(25)4)13-23(24(19)26(27)33)30(22)15-18(32)14-29(6-2)7-3/h8-11,16-19,22-26,32-33H,5-7,12-15H2,1-4H3/t17-,18?,19+,22+,23+,24?,25+,26-,27-/m1/s1. The number of carbonyl (C=O) groups is 1. The summed E-state index contributed by atoms with van der Waals surface area (Å²) in [6.45, 7) is 9.56. The van der Waals surface area contributed by atoms with Gasteiger partial charge in [-0.1, -0.05) is 39.0 Å². The fourth-order valence-electron chi connectivity index (χ4n) is 8.45. The van der Waals surface area contributed by atoms with E-state index in [1.54, 1.807) is 0 Å². The van der Waals surface area contributed by atoms with E-state index in [9.17, 15) is 15.0 Å². The number of aliphatic hydroxyl groups excluding tert-OH is 2. The summed E-state index contributed by atoms with van der Waals surface area (Å²) < 4.78 is 0. The molecule has 6 heteroatoms. The number of carbonyl (C=O) groups excluding carboxylic acids is 1. The van der Waals surface area contributed by atoms with Gasteiger partial charge < -0.3 is 24.8 Å². The van der Waals surface area contributed by atoms with Crippen molar-refractivity contribution in [3.63, 3.8) is 0 Å². The third kappa shape index (κ3) is 3.17. The molecule has 2 saturated heterocycles. The van der Waals surface area contributed by atoms with Crippen LogP contribution in [-0.2, 0) is 10.2 Å². The fraction of sp³-hybridized carbons (Fsp3) is 0.741. The van der Waals surface area contributed by atoms with Crippen LogP contribution in [0, 0.1) is 17.8 Å². The van der Waals surface area contributed by atoms with Gasteiger partial charge in [-0.2, -0.15) is 0 Å². The Labute approximate surface area is 198 Å². The van der Waals surface area contributed by atoms with Crippen LogP contribution in [0.2, 0.25) is 0 Å². The molecule has 5 rings (SSSR count). The van der Waals surface area contributed by atoms with Crippen LogP contribution in [0.4, 0.5) is 5.69 Å². The quantitative estimate of drug-likeness (QED) is 0.556. The molecular formula is C27H41N3O3. The number of likely N-dealkylation sites (N-methyl/N-ethyl adjacent to an activating group) is 2. The van der Waals surface area contributed by atoms with Crippen molar-refractivity contribution in [2.75, 3.05) is 38.1 Å². The summed E-state index contributed by atoms with van der Waals surface area (Å²) in [6.07, 6.45) is 2.90. The van der Waals surface area contributed by atoms with Gasteiger partial charge in [0, 0.05) is 55.2 Å². The molecule has 1 aromatic carbocycles. The van der Waals surface area contributed by atoms with E-state index in [0.717, 1.165) is 38.6 Å². The molecule has 2 N–H and O–H groups in total. The molecule has 3 fully saturated rings. The number of aldehydes is 1. The minimum atomic E-state index is -0.465. The fourth-order valence-corrected chi connectivity index (χ4v) is 8.45. The van der Waals surface area contributed by atoms with Crippen molar-refractivity contribution in [1.82, 2.24) is 9.80 Å². The molecule has 0 radical (unpaired) electrons. The number of piperidine rings is 2. The summed E-state index contributed by atoms with van der Waals surface area (Å²) >= 11 is 0. The molecule has 3 aliphatic heterocycles. The first-order valence-corrected chi connectivity index (χ1v) is 13.0. The summed E-state index contributed by atoms with van der Waals surface area (Å²) in [7, 11) is 2.17. The molecule has 1 saturated carbocycles. The van der Waals surface area contributed by atoms with Crippen LogP contribution in [0.15, 0.2) is 24.3 Å². The van der Waals surface area contributed by atoms with Crippen LogP contribution in [0.5, 0.6) is 0 Å². The number of para-hydroxylation sites is 1. The number of nitrogens with zero attached hydrogens (tertiary/aromatic N) is 3. The lowest BCUT2D eigenvalue weighted by Crippen LogP contribution is -2.67. The summed E-state index contributed by atoms with van der Waals surface area (Å²) in [4.78, 5) is 19.3. The van der Waals surface area contributed by atoms with E-state index in [4.69, 9.17) is 0 Å². The van der Waals surface area contributed by atoms with Gasteiger partial charge in [-0.3, -0.25) is 4.90 Å². The van der Waals surface area contributed by atoms with Crippen LogP contribution in [0.3, 0.4) is 0 Å². The zero-order valence-corrected chi connectivity index (χ0v) is 20.6. The molecule has 9 atom stereocenters. The van der Waals surface area contributed by atoms with Crippen LogP contribution >= 0.6 is 0 Å². The van der Waals surface area contributed by atoms with Crippen molar-refractivity contribution in [2.45, 2.75) is 75.8 Å². The highest BCUT2D eigenvalue weighted by molar-refractivity contribution is 5.67. The van der Waals surface area contributed by atoms with Crippen molar-refractivity contribution < 1.29 is 15.0 Å². The molecule has 3 bridgehead atoms. The van der Waals surface area contributed by atoms with E-state index in [1.807, 2.05) is 0 Å². The Morgan fingerprint density at radius 2 is 1.94 bits per heavy atom. The molecular weight excluding hydrogens is 414 g/mol. The van der Waals surface area contributed by atoms with E-state index in [2.05, 4.69) is 66.8 Å². The van der Waals surface area contributed by atoms with Crippen molar-refractivity contribution in [2.24, 2.45) is 17.8 Å². The Hall–Kier alpha value is -1.47. The Balaban J connectivity index is 1.54. The van der Waals surface area contributed by atoms with Gasteiger partial charge in [0.25, 0.3) is 0 Å². The molecule has 0 amide bonds. The Kier molecular flexibility index (Phi) is 6.09. The third-order valence-electron chi connectivity index (χ3n) is 9.82. The second-order valence-electron chi connectivity index (χ2n) is 10.9. The van der Waals surface area contributed by atoms with Crippen LogP contribution < -0.4 is 4.90 Å². The molecule has 1 spiro atoms. The van der Waals surface area contributed by atoms with Gasteiger partial charge in [0.2, 0.25) is 0 Å². The summed E-state index contributed by atoms with van der Waals surface area (Å²) in [5, 5.41) is 23.1. The predicted octanol–water partition coefficient (Wildman–Crippen LogP) is 2.12. The van der Waals surface area contributed by atoms with Crippen LogP contribution in [0.25, 0.3) is 0 Å². The lowest BCUT2D eigenvalue weighted by Gasteiger charge is -2.55. The maximum absolute atomic E-state index is 12.1.